The number of hydrogen-bond acceptors (Lipinski definition) is 3. The molecule has 0 bridgehead atoms. The van der Waals surface area contributed by atoms with Crippen LogP contribution in [0.4, 0.5) is 0 Å². The van der Waals surface area contributed by atoms with Crippen molar-refractivity contribution in [1.29, 1.82) is 0 Å². The quantitative estimate of drug-likeness (QED) is 0.811. The summed E-state index contributed by atoms with van der Waals surface area (Å²) < 4.78 is 6.18. The molecule has 2 atom stereocenters. The molecular weight excluding hydrogens is 294 g/mol. The van der Waals surface area contributed by atoms with Crippen LogP contribution in [0.5, 0.6) is 5.75 Å². The summed E-state index contributed by atoms with van der Waals surface area (Å²) in [5.74, 6) is 0.841. The number of benzene rings is 1. The Kier molecular flexibility index (Phi) is 6.68. The fraction of sp³-hybridized carbons (Fsp3) is 0.571. The Balaban J connectivity index is 2.71. The molecule has 1 aromatic carbocycles. The molecule has 0 saturated carbocycles. The second kappa shape index (κ2) is 7.77. The van der Waals surface area contributed by atoms with Crippen molar-refractivity contribution in [3.8, 4) is 5.75 Å². The van der Waals surface area contributed by atoms with E-state index in [4.69, 9.17) is 9.84 Å². The second-order valence-corrected chi connectivity index (χ2v) is 5.25. The van der Waals surface area contributed by atoms with Crippen molar-refractivity contribution in [2.45, 2.75) is 38.8 Å². The SMILES string of the molecule is CCC(CCO)NC(C)c1ccc(OC)c(Br)c1. The topological polar surface area (TPSA) is 41.5 Å². The zero-order valence-corrected chi connectivity index (χ0v) is 12.8. The zero-order valence-electron chi connectivity index (χ0n) is 11.2. The number of nitrogens with one attached hydrogen (secondary N) is 1. The van der Waals surface area contributed by atoms with Crippen LogP contribution < -0.4 is 10.1 Å². The molecule has 0 aliphatic rings. The molecule has 0 spiro atoms. The molecule has 18 heavy (non-hydrogen) atoms. The molecular formula is C14H22BrNO2. The van der Waals surface area contributed by atoms with Gasteiger partial charge < -0.3 is 15.2 Å². The van der Waals surface area contributed by atoms with E-state index < -0.39 is 0 Å². The van der Waals surface area contributed by atoms with E-state index in [1.54, 1.807) is 7.11 Å². The summed E-state index contributed by atoms with van der Waals surface area (Å²) in [7, 11) is 1.66. The third-order valence-corrected chi connectivity index (χ3v) is 3.75. The first-order chi connectivity index (χ1) is 8.62. The summed E-state index contributed by atoms with van der Waals surface area (Å²) in [5.41, 5.74) is 1.21. The molecule has 4 heteroatoms. The fourth-order valence-electron chi connectivity index (χ4n) is 1.96. The third-order valence-electron chi connectivity index (χ3n) is 3.13. The van der Waals surface area contributed by atoms with Crippen LogP contribution in [-0.2, 0) is 0 Å². The van der Waals surface area contributed by atoms with Gasteiger partial charge >= 0.3 is 0 Å². The molecule has 102 valence electrons. The first kappa shape index (κ1) is 15.5. The van der Waals surface area contributed by atoms with Gasteiger partial charge in [-0.1, -0.05) is 13.0 Å². The summed E-state index contributed by atoms with van der Waals surface area (Å²) in [6, 6.07) is 6.70. The maximum atomic E-state index is 9.00. The minimum Gasteiger partial charge on any atom is -0.496 e. The van der Waals surface area contributed by atoms with Gasteiger partial charge in [-0.3, -0.25) is 0 Å². The van der Waals surface area contributed by atoms with Crippen molar-refractivity contribution in [2.75, 3.05) is 13.7 Å². The molecule has 2 N–H and O–H groups in total. The number of hydrogen-bond donors (Lipinski definition) is 2. The van der Waals surface area contributed by atoms with E-state index in [0.717, 1.165) is 23.1 Å². The lowest BCUT2D eigenvalue weighted by Crippen LogP contribution is -2.31. The largest absolute Gasteiger partial charge is 0.496 e. The number of methoxy groups -OCH3 is 1. The number of ether oxygens (including phenoxy) is 1. The summed E-state index contributed by atoms with van der Waals surface area (Å²) in [4.78, 5) is 0. The number of aliphatic hydroxyl groups is 1. The van der Waals surface area contributed by atoms with Crippen LogP contribution in [0.2, 0.25) is 0 Å². The molecule has 2 unspecified atom stereocenters. The van der Waals surface area contributed by atoms with Crippen LogP contribution in [0.25, 0.3) is 0 Å². The van der Waals surface area contributed by atoms with Crippen LogP contribution in [0, 0.1) is 0 Å². The Labute approximate surface area is 118 Å². The maximum absolute atomic E-state index is 9.00. The van der Waals surface area contributed by atoms with E-state index in [-0.39, 0.29) is 12.6 Å². The molecule has 1 rings (SSSR count). The van der Waals surface area contributed by atoms with Gasteiger partial charge in [0.15, 0.2) is 0 Å². The van der Waals surface area contributed by atoms with Crippen LogP contribution >= 0.6 is 15.9 Å². The summed E-state index contributed by atoms with van der Waals surface area (Å²) in [6.45, 7) is 4.49. The first-order valence-corrected chi connectivity index (χ1v) is 7.12. The van der Waals surface area contributed by atoms with Crippen molar-refractivity contribution in [1.82, 2.24) is 5.32 Å². The minimum atomic E-state index is 0.227. The van der Waals surface area contributed by atoms with Gasteiger partial charge in [-0.2, -0.15) is 0 Å². The maximum Gasteiger partial charge on any atom is 0.133 e. The standard InChI is InChI=1S/C14H22BrNO2/c1-4-12(7-8-17)16-10(2)11-5-6-14(18-3)13(15)9-11/h5-6,9-10,12,16-17H,4,7-8H2,1-3H3. The molecule has 1 aromatic rings. The lowest BCUT2D eigenvalue weighted by molar-refractivity contribution is 0.257. The van der Waals surface area contributed by atoms with E-state index >= 15 is 0 Å². The van der Waals surface area contributed by atoms with Gasteiger partial charge in [0.05, 0.1) is 11.6 Å². The third kappa shape index (κ3) is 4.26. The molecule has 3 nitrogen and oxygen atoms in total. The van der Waals surface area contributed by atoms with Crippen LogP contribution in [-0.4, -0.2) is 24.9 Å². The monoisotopic (exact) mass is 315 g/mol. The molecule has 0 heterocycles. The van der Waals surface area contributed by atoms with Gasteiger partial charge in [-0.15, -0.1) is 0 Å². The predicted octanol–water partition coefficient (Wildman–Crippen LogP) is 3.27. The molecule has 0 aliphatic heterocycles. The highest BCUT2D eigenvalue weighted by Gasteiger charge is 2.12. The Morgan fingerprint density at radius 3 is 2.67 bits per heavy atom. The normalized spacial score (nSPS) is 14.3. The van der Waals surface area contributed by atoms with Gasteiger partial charge in [0.2, 0.25) is 0 Å². The first-order valence-electron chi connectivity index (χ1n) is 6.32. The number of rotatable bonds is 7. The zero-order chi connectivity index (χ0) is 13.5. The fourth-order valence-corrected chi connectivity index (χ4v) is 2.52. The van der Waals surface area contributed by atoms with Gasteiger partial charge in [0.25, 0.3) is 0 Å². The van der Waals surface area contributed by atoms with Gasteiger partial charge in [0, 0.05) is 18.7 Å². The Morgan fingerprint density at radius 2 is 2.17 bits per heavy atom. The van der Waals surface area contributed by atoms with Crippen molar-refractivity contribution < 1.29 is 9.84 Å². The molecule has 0 aromatic heterocycles. The summed E-state index contributed by atoms with van der Waals surface area (Å²) in [6.07, 6.45) is 1.81. The summed E-state index contributed by atoms with van der Waals surface area (Å²) in [5, 5.41) is 12.5. The van der Waals surface area contributed by atoms with Crippen LogP contribution in [0.15, 0.2) is 22.7 Å². The van der Waals surface area contributed by atoms with E-state index in [1.807, 2.05) is 6.07 Å². The minimum absolute atomic E-state index is 0.227. The Morgan fingerprint density at radius 1 is 1.44 bits per heavy atom. The summed E-state index contributed by atoms with van der Waals surface area (Å²) >= 11 is 3.50. The highest BCUT2D eigenvalue weighted by Crippen LogP contribution is 2.28. The molecule has 0 amide bonds. The average molecular weight is 316 g/mol. The van der Waals surface area contributed by atoms with Crippen molar-refractivity contribution in [3.63, 3.8) is 0 Å². The van der Waals surface area contributed by atoms with Gasteiger partial charge in [0.1, 0.15) is 5.75 Å². The van der Waals surface area contributed by atoms with E-state index in [1.165, 1.54) is 5.56 Å². The van der Waals surface area contributed by atoms with E-state index in [0.29, 0.717) is 6.04 Å². The Hall–Kier alpha value is -0.580. The van der Waals surface area contributed by atoms with Crippen molar-refractivity contribution in [2.24, 2.45) is 0 Å². The van der Waals surface area contributed by atoms with Crippen molar-refractivity contribution >= 4 is 15.9 Å². The molecule has 0 saturated heterocycles. The predicted molar refractivity (Wildman–Crippen MR) is 78.0 cm³/mol. The second-order valence-electron chi connectivity index (χ2n) is 4.40. The Bertz CT molecular complexity index is 371. The number of aliphatic hydroxyl groups excluding tert-OH is 1. The van der Waals surface area contributed by atoms with Gasteiger partial charge in [-0.05, 0) is 53.4 Å². The van der Waals surface area contributed by atoms with Crippen LogP contribution in [0.3, 0.4) is 0 Å². The smallest absolute Gasteiger partial charge is 0.133 e. The molecule has 0 radical (unpaired) electrons. The molecule has 0 aliphatic carbocycles. The lowest BCUT2D eigenvalue weighted by atomic mass is 10.1. The van der Waals surface area contributed by atoms with E-state index in [9.17, 15) is 0 Å². The van der Waals surface area contributed by atoms with Gasteiger partial charge in [-0.25, -0.2) is 0 Å². The highest BCUT2D eigenvalue weighted by molar-refractivity contribution is 9.10. The van der Waals surface area contributed by atoms with Crippen molar-refractivity contribution in [3.05, 3.63) is 28.2 Å². The number of halogens is 1. The molecule has 0 fully saturated rings. The lowest BCUT2D eigenvalue weighted by Gasteiger charge is -2.22. The van der Waals surface area contributed by atoms with E-state index in [2.05, 4.69) is 47.2 Å². The highest BCUT2D eigenvalue weighted by atomic mass is 79.9. The van der Waals surface area contributed by atoms with Crippen LogP contribution in [0.1, 0.15) is 38.3 Å². The average Bonchev–Trinajstić information content (AvgIpc) is 2.37.